The van der Waals surface area contributed by atoms with Gasteiger partial charge in [-0.3, -0.25) is 0 Å². The van der Waals surface area contributed by atoms with Gasteiger partial charge in [0.05, 0.1) is 0 Å². The average Bonchev–Trinajstić information content (AvgIpc) is 2.35. The molecule has 2 atom stereocenters. The number of hydrogen-bond donors (Lipinski definition) is 1. The van der Waals surface area contributed by atoms with Crippen molar-refractivity contribution in [2.45, 2.75) is 84.6 Å². The highest BCUT2D eigenvalue weighted by molar-refractivity contribution is 5.14. The first kappa shape index (κ1) is 18.4. The van der Waals surface area contributed by atoms with Crippen LogP contribution in [0.5, 0.6) is 0 Å². The van der Waals surface area contributed by atoms with Crippen LogP contribution in [0.25, 0.3) is 0 Å². The highest BCUT2D eigenvalue weighted by Gasteiger charge is 2.15. The molecule has 0 fully saturated rings. The summed E-state index contributed by atoms with van der Waals surface area (Å²) in [5.41, 5.74) is 8.55. The van der Waals surface area contributed by atoms with Crippen LogP contribution in [-0.2, 0) is 0 Å². The molecule has 1 nitrogen and oxygen atoms in total. The number of allylic oxidation sites excluding steroid dienone is 1. The molecule has 0 spiro atoms. The minimum atomic E-state index is 0.136. The smallest absolute Gasteiger partial charge is 0.0280 e. The Bertz CT molecular complexity index is 254. The van der Waals surface area contributed by atoms with Crippen molar-refractivity contribution in [2.24, 2.45) is 11.7 Å². The molecule has 0 saturated carbocycles. The zero-order chi connectivity index (χ0) is 14.7. The molecule has 112 valence electrons. The predicted octanol–water partition coefficient (Wildman–Crippen LogP) is 5.61. The van der Waals surface area contributed by atoms with Gasteiger partial charge in [-0.25, -0.2) is 0 Å². The van der Waals surface area contributed by atoms with Crippen molar-refractivity contribution in [3.63, 3.8) is 0 Å². The summed E-state index contributed by atoms with van der Waals surface area (Å²) in [6, 6.07) is 0.136. The molecule has 0 aliphatic rings. The lowest BCUT2D eigenvalue weighted by atomic mass is 9.88. The SMILES string of the molecule is C=C(C)CC(=C)C(N)C(C)CCCCCCCCC. The Morgan fingerprint density at radius 3 is 2.05 bits per heavy atom. The summed E-state index contributed by atoms with van der Waals surface area (Å²) in [6.45, 7) is 14.6. The van der Waals surface area contributed by atoms with Crippen molar-refractivity contribution in [3.8, 4) is 0 Å². The third kappa shape index (κ3) is 9.95. The minimum absolute atomic E-state index is 0.136. The van der Waals surface area contributed by atoms with Gasteiger partial charge in [-0.05, 0) is 25.7 Å². The zero-order valence-corrected chi connectivity index (χ0v) is 13.5. The summed E-state index contributed by atoms with van der Waals surface area (Å²) in [4.78, 5) is 0. The number of unbranched alkanes of at least 4 members (excludes halogenated alkanes) is 6. The molecule has 2 unspecified atom stereocenters. The summed E-state index contributed by atoms with van der Waals surface area (Å²) in [7, 11) is 0. The lowest BCUT2D eigenvalue weighted by Crippen LogP contribution is -2.30. The summed E-state index contributed by atoms with van der Waals surface area (Å²) in [6.07, 6.45) is 11.7. The maximum atomic E-state index is 6.25. The Labute approximate surface area is 121 Å². The highest BCUT2D eigenvalue weighted by atomic mass is 14.6. The van der Waals surface area contributed by atoms with E-state index in [1.54, 1.807) is 0 Å². The van der Waals surface area contributed by atoms with Crippen molar-refractivity contribution < 1.29 is 0 Å². The van der Waals surface area contributed by atoms with Gasteiger partial charge in [0.25, 0.3) is 0 Å². The summed E-state index contributed by atoms with van der Waals surface area (Å²) < 4.78 is 0. The summed E-state index contributed by atoms with van der Waals surface area (Å²) in [5.74, 6) is 0.544. The van der Waals surface area contributed by atoms with Crippen molar-refractivity contribution in [3.05, 3.63) is 24.3 Å². The Morgan fingerprint density at radius 2 is 1.53 bits per heavy atom. The van der Waals surface area contributed by atoms with E-state index in [9.17, 15) is 0 Å². The van der Waals surface area contributed by atoms with Crippen molar-refractivity contribution in [2.75, 3.05) is 0 Å². The first-order chi connectivity index (χ1) is 8.99. The standard InChI is InChI=1S/C18H35N/c1-6-7-8-9-10-11-12-13-16(4)18(19)17(5)14-15(2)3/h16,18H,2,5-14,19H2,1,3-4H3. The molecule has 0 heterocycles. The van der Waals surface area contributed by atoms with E-state index in [0.29, 0.717) is 5.92 Å². The lowest BCUT2D eigenvalue weighted by molar-refractivity contribution is 0.432. The van der Waals surface area contributed by atoms with Crippen molar-refractivity contribution in [1.82, 2.24) is 0 Å². The van der Waals surface area contributed by atoms with Gasteiger partial charge in [0.1, 0.15) is 0 Å². The van der Waals surface area contributed by atoms with E-state index in [0.717, 1.165) is 17.6 Å². The Balaban J connectivity index is 3.64. The van der Waals surface area contributed by atoms with Gasteiger partial charge >= 0.3 is 0 Å². The van der Waals surface area contributed by atoms with Gasteiger partial charge in [0, 0.05) is 6.04 Å². The van der Waals surface area contributed by atoms with Gasteiger partial charge in [-0.15, -0.1) is 0 Å². The first-order valence-corrected chi connectivity index (χ1v) is 8.06. The second-order valence-corrected chi connectivity index (χ2v) is 6.21. The fourth-order valence-corrected chi connectivity index (χ4v) is 2.51. The lowest BCUT2D eigenvalue weighted by Gasteiger charge is -2.22. The summed E-state index contributed by atoms with van der Waals surface area (Å²) >= 11 is 0. The molecule has 0 radical (unpaired) electrons. The topological polar surface area (TPSA) is 26.0 Å². The van der Waals surface area contributed by atoms with E-state index in [2.05, 4.69) is 27.0 Å². The third-order valence-electron chi connectivity index (χ3n) is 3.88. The second-order valence-electron chi connectivity index (χ2n) is 6.21. The zero-order valence-electron chi connectivity index (χ0n) is 13.5. The van der Waals surface area contributed by atoms with E-state index in [1.165, 1.54) is 51.4 Å². The quantitative estimate of drug-likeness (QED) is 0.360. The number of rotatable bonds is 12. The van der Waals surface area contributed by atoms with Crippen LogP contribution in [0.3, 0.4) is 0 Å². The van der Waals surface area contributed by atoms with Crippen molar-refractivity contribution in [1.29, 1.82) is 0 Å². The van der Waals surface area contributed by atoms with Gasteiger partial charge in [0.15, 0.2) is 0 Å². The van der Waals surface area contributed by atoms with Gasteiger partial charge in [0.2, 0.25) is 0 Å². The van der Waals surface area contributed by atoms with E-state index in [1.807, 2.05) is 6.92 Å². The van der Waals surface area contributed by atoms with Crippen LogP contribution in [0.1, 0.15) is 78.6 Å². The van der Waals surface area contributed by atoms with Crippen molar-refractivity contribution >= 4 is 0 Å². The van der Waals surface area contributed by atoms with Crippen LogP contribution >= 0.6 is 0 Å². The maximum absolute atomic E-state index is 6.25. The normalized spacial score (nSPS) is 14.1. The third-order valence-corrected chi connectivity index (χ3v) is 3.88. The minimum Gasteiger partial charge on any atom is -0.324 e. The van der Waals surface area contributed by atoms with Crippen LogP contribution in [0.4, 0.5) is 0 Å². The Morgan fingerprint density at radius 1 is 1.00 bits per heavy atom. The van der Waals surface area contributed by atoms with Crippen LogP contribution in [0, 0.1) is 5.92 Å². The molecule has 0 bridgehead atoms. The number of nitrogens with two attached hydrogens (primary N) is 1. The highest BCUT2D eigenvalue weighted by Crippen LogP contribution is 2.20. The van der Waals surface area contributed by atoms with E-state index < -0.39 is 0 Å². The average molecular weight is 265 g/mol. The fraction of sp³-hybridized carbons (Fsp3) is 0.778. The fourth-order valence-electron chi connectivity index (χ4n) is 2.51. The molecule has 0 aromatic heterocycles. The molecule has 1 heteroatoms. The van der Waals surface area contributed by atoms with Crippen LogP contribution < -0.4 is 5.73 Å². The van der Waals surface area contributed by atoms with Crippen LogP contribution in [-0.4, -0.2) is 6.04 Å². The summed E-state index contributed by atoms with van der Waals surface area (Å²) in [5, 5.41) is 0. The monoisotopic (exact) mass is 265 g/mol. The molecular formula is C18H35N. The van der Waals surface area contributed by atoms with E-state index in [-0.39, 0.29) is 6.04 Å². The van der Waals surface area contributed by atoms with Crippen LogP contribution in [0.15, 0.2) is 24.3 Å². The molecule has 0 aromatic rings. The van der Waals surface area contributed by atoms with E-state index >= 15 is 0 Å². The molecule has 0 aliphatic heterocycles. The maximum Gasteiger partial charge on any atom is 0.0280 e. The van der Waals surface area contributed by atoms with Crippen LogP contribution in [0.2, 0.25) is 0 Å². The molecule has 0 saturated heterocycles. The molecule has 0 aliphatic carbocycles. The Kier molecular flexibility index (Phi) is 10.9. The van der Waals surface area contributed by atoms with Gasteiger partial charge in [-0.2, -0.15) is 0 Å². The molecule has 19 heavy (non-hydrogen) atoms. The Hall–Kier alpha value is -0.560. The van der Waals surface area contributed by atoms with Gasteiger partial charge < -0.3 is 5.73 Å². The molecule has 0 amide bonds. The predicted molar refractivity (Wildman–Crippen MR) is 88.3 cm³/mol. The van der Waals surface area contributed by atoms with Gasteiger partial charge in [-0.1, -0.05) is 83.1 Å². The first-order valence-electron chi connectivity index (χ1n) is 8.06. The molecule has 0 rings (SSSR count). The molecule has 0 aromatic carbocycles. The van der Waals surface area contributed by atoms with E-state index in [4.69, 9.17) is 5.73 Å². The second kappa shape index (κ2) is 11.3. The number of hydrogen-bond acceptors (Lipinski definition) is 1. The molecular weight excluding hydrogens is 230 g/mol. The largest absolute Gasteiger partial charge is 0.324 e. The molecule has 2 N–H and O–H groups in total.